The minimum atomic E-state index is -1.27. The average molecular weight is 510 g/mol. The lowest BCUT2D eigenvalue weighted by Crippen LogP contribution is -2.27. The van der Waals surface area contributed by atoms with Crippen LogP contribution >= 0.6 is 0 Å². The van der Waals surface area contributed by atoms with Gasteiger partial charge >= 0.3 is 0 Å². The number of fused-ring (bicyclic) bond motifs is 1. The maximum Gasteiger partial charge on any atom is 0.278 e. The van der Waals surface area contributed by atoms with Gasteiger partial charge in [0.25, 0.3) is 5.56 Å². The van der Waals surface area contributed by atoms with Gasteiger partial charge in [0.1, 0.15) is 25.4 Å². The first-order chi connectivity index (χ1) is 17.2. The first kappa shape index (κ1) is 26.0. The quantitative estimate of drug-likeness (QED) is 0.230. The lowest BCUT2D eigenvalue weighted by atomic mass is 10.0. The van der Waals surface area contributed by atoms with Gasteiger partial charge in [0.15, 0.2) is 0 Å². The second kappa shape index (κ2) is 11.3. The molecule has 0 fully saturated rings. The first-order valence-electron chi connectivity index (χ1n) is 11.9. The Morgan fingerprint density at radius 2 is 1.83 bits per heavy atom. The standard InChI is InChI=1S/C27H32FN3O4Si/c1-36(2,3)13-12-34-19-31-27(33)25-23(26(32)21-10-7-11-22(28)14-21)16-30(24(25)15-29-31)18-35-17-20-8-5-4-6-9-20/h4-11,14-16,26,32H,12-13,17-19H2,1-3H3. The van der Waals surface area contributed by atoms with Crippen molar-refractivity contribution in [3.63, 3.8) is 0 Å². The maximum absolute atomic E-state index is 13.9. The Morgan fingerprint density at radius 3 is 2.56 bits per heavy atom. The molecule has 7 nitrogen and oxygen atoms in total. The molecule has 9 heteroatoms. The van der Waals surface area contributed by atoms with E-state index >= 15 is 0 Å². The van der Waals surface area contributed by atoms with Crippen molar-refractivity contribution in [2.45, 2.75) is 51.9 Å². The summed E-state index contributed by atoms with van der Waals surface area (Å²) in [5.74, 6) is -0.462. The number of aliphatic hydroxyl groups is 1. The van der Waals surface area contributed by atoms with Crippen molar-refractivity contribution in [2.75, 3.05) is 6.61 Å². The highest BCUT2D eigenvalue weighted by atomic mass is 28.3. The minimum Gasteiger partial charge on any atom is -0.384 e. The number of aromatic nitrogens is 3. The van der Waals surface area contributed by atoms with E-state index < -0.39 is 20.0 Å². The van der Waals surface area contributed by atoms with E-state index in [2.05, 4.69) is 24.7 Å². The molecule has 36 heavy (non-hydrogen) atoms. The predicted octanol–water partition coefficient (Wildman–Crippen LogP) is 4.91. The molecular formula is C27H32FN3O4Si. The molecule has 1 N–H and O–H groups in total. The van der Waals surface area contributed by atoms with Crippen LogP contribution in [-0.4, -0.2) is 34.1 Å². The first-order valence-corrected chi connectivity index (χ1v) is 15.7. The van der Waals surface area contributed by atoms with Gasteiger partial charge in [-0.15, -0.1) is 0 Å². The predicted molar refractivity (Wildman–Crippen MR) is 140 cm³/mol. The summed E-state index contributed by atoms with van der Waals surface area (Å²) in [6.07, 6.45) is 2.05. The molecule has 1 atom stereocenters. The smallest absolute Gasteiger partial charge is 0.278 e. The maximum atomic E-state index is 13.9. The second-order valence-electron chi connectivity index (χ2n) is 10.0. The Morgan fingerprint density at radius 1 is 1.06 bits per heavy atom. The molecule has 0 radical (unpaired) electrons. The Bertz CT molecular complexity index is 1370. The van der Waals surface area contributed by atoms with Crippen LogP contribution < -0.4 is 5.56 Å². The molecule has 0 saturated heterocycles. The van der Waals surface area contributed by atoms with Gasteiger partial charge < -0.3 is 19.1 Å². The summed E-state index contributed by atoms with van der Waals surface area (Å²) >= 11 is 0. The fraction of sp³-hybridized carbons (Fsp3) is 0.333. The molecule has 0 amide bonds. The Kier molecular flexibility index (Phi) is 8.15. The van der Waals surface area contributed by atoms with Gasteiger partial charge in [0.2, 0.25) is 0 Å². The lowest BCUT2D eigenvalue weighted by Gasteiger charge is -2.15. The molecule has 0 saturated carbocycles. The van der Waals surface area contributed by atoms with Crippen LogP contribution in [0, 0.1) is 5.82 Å². The van der Waals surface area contributed by atoms with Gasteiger partial charge in [-0.25, -0.2) is 9.07 Å². The largest absolute Gasteiger partial charge is 0.384 e. The summed E-state index contributed by atoms with van der Waals surface area (Å²) in [4.78, 5) is 13.4. The number of benzene rings is 2. The summed E-state index contributed by atoms with van der Waals surface area (Å²) in [7, 11) is -1.27. The van der Waals surface area contributed by atoms with E-state index in [1.165, 1.54) is 22.9 Å². The number of hydrogen-bond donors (Lipinski definition) is 1. The number of hydrogen-bond acceptors (Lipinski definition) is 5. The highest BCUT2D eigenvalue weighted by Crippen LogP contribution is 2.29. The van der Waals surface area contributed by atoms with Crippen LogP contribution in [0.3, 0.4) is 0 Å². The number of ether oxygens (including phenoxy) is 2. The average Bonchev–Trinajstić information content (AvgIpc) is 3.22. The van der Waals surface area contributed by atoms with Gasteiger partial charge in [-0.1, -0.05) is 62.1 Å². The molecular weight excluding hydrogens is 477 g/mol. The summed E-state index contributed by atoms with van der Waals surface area (Å²) in [6, 6.07) is 16.5. The highest BCUT2D eigenvalue weighted by molar-refractivity contribution is 6.76. The summed E-state index contributed by atoms with van der Waals surface area (Å²) < 4.78 is 28.5. The lowest BCUT2D eigenvalue weighted by molar-refractivity contribution is 0.0662. The number of rotatable bonds is 11. The van der Waals surface area contributed by atoms with Crippen molar-refractivity contribution in [1.82, 2.24) is 14.3 Å². The van der Waals surface area contributed by atoms with E-state index in [1.807, 2.05) is 30.3 Å². The van der Waals surface area contributed by atoms with E-state index in [0.717, 1.165) is 11.6 Å². The van der Waals surface area contributed by atoms with E-state index in [-0.39, 0.29) is 19.0 Å². The molecule has 190 valence electrons. The molecule has 0 spiro atoms. The number of aliphatic hydroxyl groups excluding tert-OH is 1. The molecule has 4 aromatic rings. The molecule has 1 unspecified atom stereocenters. The molecule has 2 aromatic heterocycles. The molecule has 2 heterocycles. The third kappa shape index (κ3) is 6.36. The normalized spacial score (nSPS) is 12.8. The van der Waals surface area contributed by atoms with Crippen molar-refractivity contribution in [1.29, 1.82) is 0 Å². The topological polar surface area (TPSA) is 78.5 Å². The third-order valence-electron chi connectivity index (χ3n) is 5.93. The van der Waals surface area contributed by atoms with Gasteiger partial charge in [-0.2, -0.15) is 5.10 Å². The van der Waals surface area contributed by atoms with Gasteiger partial charge in [0.05, 0.1) is 23.7 Å². The van der Waals surface area contributed by atoms with Gasteiger partial charge in [0, 0.05) is 26.4 Å². The molecule has 0 bridgehead atoms. The van der Waals surface area contributed by atoms with Crippen LogP contribution in [0.25, 0.3) is 10.9 Å². The van der Waals surface area contributed by atoms with Crippen LogP contribution in [0.5, 0.6) is 0 Å². The molecule has 2 aromatic carbocycles. The fourth-order valence-corrected chi connectivity index (χ4v) is 4.66. The second-order valence-corrected chi connectivity index (χ2v) is 15.7. The van der Waals surface area contributed by atoms with Crippen molar-refractivity contribution >= 4 is 19.0 Å². The van der Waals surface area contributed by atoms with E-state index in [1.54, 1.807) is 23.0 Å². The van der Waals surface area contributed by atoms with Crippen LogP contribution in [0.15, 0.2) is 71.8 Å². The van der Waals surface area contributed by atoms with E-state index in [0.29, 0.717) is 35.2 Å². The van der Waals surface area contributed by atoms with Crippen LogP contribution in [-0.2, 0) is 29.5 Å². The van der Waals surface area contributed by atoms with E-state index in [9.17, 15) is 14.3 Å². The Balaban J connectivity index is 1.64. The van der Waals surface area contributed by atoms with Crippen LogP contribution in [0.4, 0.5) is 4.39 Å². The van der Waals surface area contributed by atoms with E-state index in [4.69, 9.17) is 9.47 Å². The molecule has 0 aliphatic rings. The highest BCUT2D eigenvalue weighted by Gasteiger charge is 2.22. The third-order valence-corrected chi connectivity index (χ3v) is 7.63. The zero-order valence-corrected chi connectivity index (χ0v) is 21.9. The summed E-state index contributed by atoms with van der Waals surface area (Å²) in [6.45, 7) is 7.89. The fourth-order valence-electron chi connectivity index (χ4n) is 3.90. The van der Waals surface area contributed by atoms with Crippen molar-refractivity contribution < 1.29 is 19.0 Å². The zero-order valence-electron chi connectivity index (χ0n) is 20.9. The van der Waals surface area contributed by atoms with Crippen molar-refractivity contribution in [2.24, 2.45) is 0 Å². The minimum absolute atomic E-state index is 0.0183. The van der Waals surface area contributed by atoms with Gasteiger partial charge in [-0.3, -0.25) is 4.79 Å². The van der Waals surface area contributed by atoms with Gasteiger partial charge in [-0.05, 0) is 29.3 Å². The van der Waals surface area contributed by atoms with Crippen molar-refractivity contribution in [3.8, 4) is 0 Å². The molecule has 0 aliphatic carbocycles. The summed E-state index contributed by atoms with van der Waals surface area (Å²) in [5, 5.41) is 15.7. The SMILES string of the molecule is C[Si](C)(C)CCOCn1ncc2c(c(C(O)c3cccc(F)c3)cn2COCc2ccccc2)c1=O. The molecule has 4 rings (SSSR count). The molecule has 0 aliphatic heterocycles. The zero-order chi connectivity index (χ0) is 25.7. The van der Waals surface area contributed by atoms with Crippen LogP contribution in [0.2, 0.25) is 25.7 Å². The summed E-state index contributed by atoms with van der Waals surface area (Å²) in [5.41, 5.74) is 1.88. The van der Waals surface area contributed by atoms with Crippen molar-refractivity contribution in [3.05, 3.63) is 99.9 Å². The number of halogens is 1. The Labute approximate surface area is 210 Å². The number of nitrogens with zero attached hydrogens (tertiary/aromatic N) is 3. The van der Waals surface area contributed by atoms with Crippen LogP contribution in [0.1, 0.15) is 22.8 Å². The Hall–Kier alpha value is -3.11. The monoisotopic (exact) mass is 509 g/mol.